The number of ether oxygens (including phenoxy) is 1. The molecular formula is C15H30O2Si. The quantitative estimate of drug-likeness (QED) is 0.312. The maximum absolute atomic E-state index is 5.99. The smallest absolute Gasteiger partial charge is 0.261 e. The highest BCUT2D eigenvalue weighted by Crippen LogP contribution is 2.20. The van der Waals surface area contributed by atoms with Gasteiger partial charge in [0.2, 0.25) is 8.32 Å². The Hall–Kier alpha value is -0.703. The van der Waals surface area contributed by atoms with E-state index >= 15 is 0 Å². The van der Waals surface area contributed by atoms with Gasteiger partial charge in [0.15, 0.2) is 0 Å². The summed E-state index contributed by atoms with van der Waals surface area (Å²) in [4.78, 5) is 0. The Balaban J connectivity index is 4.66. The molecule has 0 rings (SSSR count). The Morgan fingerprint density at radius 3 is 2.33 bits per heavy atom. The lowest BCUT2D eigenvalue weighted by molar-refractivity contribution is 0.108. The third-order valence-corrected chi connectivity index (χ3v) is 3.28. The van der Waals surface area contributed by atoms with Gasteiger partial charge in [-0.2, -0.15) is 0 Å². The lowest BCUT2D eigenvalue weighted by atomic mass is 9.98. The second-order valence-corrected chi connectivity index (χ2v) is 9.98. The van der Waals surface area contributed by atoms with Crippen LogP contribution >= 0.6 is 0 Å². The molecule has 0 fully saturated rings. The van der Waals surface area contributed by atoms with Crippen LogP contribution in [0.15, 0.2) is 24.7 Å². The predicted molar refractivity (Wildman–Crippen MR) is 82.0 cm³/mol. The van der Waals surface area contributed by atoms with Crippen LogP contribution in [-0.2, 0) is 9.16 Å². The molecule has 1 atom stereocenters. The van der Waals surface area contributed by atoms with Gasteiger partial charge < -0.3 is 9.16 Å². The van der Waals surface area contributed by atoms with Crippen LogP contribution in [0.5, 0.6) is 0 Å². The van der Waals surface area contributed by atoms with Gasteiger partial charge in [0, 0.05) is 0 Å². The SMILES string of the molecule is C=CCCC(/C=C(/OCC)O[Si](C)(C)C)CCC. The van der Waals surface area contributed by atoms with E-state index in [1.54, 1.807) is 0 Å². The minimum absolute atomic E-state index is 0.533. The molecule has 0 aromatic carbocycles. The van der Waals surface area contributed by atoms with Crippen molar-refractivity contribution in [3.63, 3.8) is 0 Å². The highest BCUT2D eigenvalue weighted by atomic mass is 28.4. The Morgan fingerprint density at radius 1 is 1.22 bits per heavy atom. The monoisotopic (exact) mass is 270 g/mol. The molecule has 0 aliphatic heterocycles. The highest BCUT2D eigenvalue weighted by Gasteiger charge is 2.19. The number of hydrogen-bond donors (Lipinski definition) is 0. The van der Waals surface area contributed by atoms with Crippen LogP contribution in [0.2, 0.25) is 19.6 Å². The lowest BCUT2D eigenvalue weighted by Crippen LogP contribution is -2.26. The fraction of sp³-hybridized carbons (Fsp3) is 0.733. The summed E-state index contributed by atoms with van der Waals surface area (Å²) >= 11 is 0. The Bertz CT molecular complexity index is 254. The van der Waals surface area contributed by atoms with E-state index in [9.17, 15) is 0 Å². The van der Waals surface area contributed by atoms with E-state index in [4.69, 9.17) is 9.16 Å². The highest BCUT2D eigenvalue weighted by molar-refractivity contribution is 6.69. The summed E-state index contributed by atoms with van der Waals surface area (Å²) in [5, 5.41) is 0. The first-order valence-corrected chi connectivity index (χ1v) is 10.5. The van der Waals surface area contributed by atoms with E-state index in [1.807, 2.05) is 13.0 Å². The van der Waals surface area contributed by atoms with Gasteiger partial charge in [-0.1, -0.05) is 19.4 Å². The molecule has 1 unspecified atom stereocenters. The molecule has 0 bridgehead atoms. The lowest BCUT2D eigenvalue weighted by Gasteiger charge is -2.23. The van der Waals surface area contributed by atoms with E-state index in [-0.39, 0.29) is 0 Å². The molecule has 2 nitrogen and oxygen atoms in total. The summed E-state index contributed by atoms with van der Waals surface area (Å²) in [6.07, 6.45) is 8.70. The third kappa shape index (κ3) is 9.34. The van der Waals surface area contributed by atoms with Crippen LogP contribution in [0.4, 0.5) is 0 Å². The van der Waals surface area contributed by atoms with Crippen LogP contribution in [-0.4, -0.2) is 14.9 Å². The van der Waals surface area contributed by atoms with Crippen molar-refractivity contribution in [3.05, 3.63) is 24.7 Å². The topological polar surface area (TPSA) is 18.5 Å². The normalized spacial score (nSPS) is 14.2. The number of hydrogen-bond acceptors (Lipinski definition) is 2. The van der Waals surface area contributed by atoms with Crippen molar-refractivity contribution < 1.29 is 9.16 Å². The first-order valence-electron chi connectivity index (χ1n) is 7.07. The third-order valence-electron chi connectivity index (χ3n) is 2.47. The van der Waals surface area contributed by atoms with E-state index in [0.717, 1.165) is 18.8 Å². The fourth-order valence-electron chi connectivity index (χ4n) is 1.76. The van der Waals surface area contributed by atoms with Crippen molar-refractivity contribution in [2.75, 3.05) is 6.61 Å². The molecule has 0 amide bonds. The molecule has 0 saturated carbocycles. The molecule has 0 N–H and O–H groups in total. The van der Waals surface area contributed by atoms with Crippen LogP contribution in [0.1, 0.15) is 39.5 Å². The van der Waals surface area contributed by atoms with Crippen molar-refractivity contribution in [1.82, 2.24) is 0 Å². The molecule has 3 heteroatoms. The fourth-order valence-corrected chi connectivity index (χ4v) is 2.49. The summed E-state index contributed by atoms with van der Waals surface area (Å²) in [6, 6.07) is 0. The Kier molecular flexibility index (Phi) is 8.90. The summed E-state index contributed by atoms with van der Waals surface area (Å²) in [6.45, 7) is 15.2. The minimum atomic E-state index is -1.59. The van der Waals surface area contributed by atoms with Crippen LogP contribution in [0.25, 0.3) is 0 Å². The summed E-state index contributed by atoms with van der Waals surface area (Å²) in [5.74, 6) is 1.27. The van der Waals surface area contributed by atoms with Crippen LogP contribution in [0.3, 0.4) is 0 Å². The average Bonchev–Trinajstić information content (AvgIpc) is 2.24. The second kappa shape index (κ2) is 9.26. The zero-order valence-electron chi connectivity index (χ0n) is 12.8. The van der Waals surface area contributed by atoms with E-state index in [2.05, 4.69) is 39.2 Å². The molecular weight excluding hydrogens is 240 g/mol. The van der Waals surface area contributed by atoms with Crippen LogP contribution in [0, 0.1) is 5.92 Å². The molecule has 106 valence electrons. The van der Waals surface area contributed by atoms with Gasteiger partial charge in [-0.3, -0.25) is 0 Å². The van der Waals surface area contributed by atoms with Crippen molar-refractivity contribution in [3.8, 4) is 0 Å². The zero-order valence-corrected chi connectivity index (χ0v) is 13.8. The predicted octanol–water partition coefficient (Wildman–Crippen LogP) is 5.10. The minimum Gasteiger partial charge on any atom is -0.520 e. The molecule has 0 heterocycles. The standard InChI is InChI=1S/C15H30O2Si/c1-7-10-12-14(11-8-2)13-15(16-9-3)17-18(4,5)6/h7,13-14H,1,8-12H2,2-6H3/b15-13-. The molecule has 0 aromatic heterocycles. The van der Waals surface area contributed by atoms with Gasteiger partial charge in [0.1, 0.15) is 0 Å². The molecule has 0 saturated heterocycles. The van der Waals surface area contributed by atoms with E-state index in [0.29, 0.717) is 12.5 Å². The number of rotatable bonds is 10. The van der Waals surface area contributed by atoms with Gasteiger partial charge >= 0.3 is 0 Å². The van der Waals surface area contributed by atoms with Gasteiger partial charge in [0.25, 0.3) is 5.95 Å². The largest absolute Gasteiger partial charge is 0.520 e. The summed E-state index contributed by atoms with van der Waals surface area (Å²) in [7, 11) is -1.59. The van der Waals surface area contributed by atoms with Crippen molar-refractivity contribution >= 4 is 8.32 Å². The van der Waals surface area contributed by atoms with Crippen molar-refractivity contribution in [2.45, 2.75) is 59.2 Å². The van der Waals surface area contributed by atoms with Gasteiger partial charge in [0.05, 0.1) is 6.61 Å². The first kappa shape index (κ1) is 17.3. The van der Waals surface area contributed by atoms with Gasteiger partial charge in [-0.25, -0.2) is 0 Å². The van der Waals surface area contributed by atoms with Crippen LogP contribution < -0.4 is 0 Å². The Morgan fingerprint density at radius 2 is 1.89 bits per heavy atom. The Labute approximate surface area is 114 Å². The zero-order chi connectivity index (χ0) is 14.0. The van der Waals surface area contributed by atoms with Crippen molar-refractivity contribution in [2.24, 2.45) is 5.92 Å². The summed E-state index contributed by atoms with van der Waals surface area (Å²) in [5.41, 5.74) is 0. The second-order valence-electron chi connectivity index (χ2n) is 5.55. The average molecular weight is 270 g/mol. The summed E-state index contributed by atoms with van der Waals surface area (Å²) < 4.78 is 11.6. The molecule has 0 spiro atoms. The maximum Gasteiger partial charge on any atom is 0.261 e. The molecule has 0 aromatic rings. The molecule has 0 aliphatic carbocycles. The van der Waals surface area contributed by atoms with Crippen molar-refractivity contribution in [1.29, 1.82) is 0 Å². The molecule has 18 heavy (non-hydrogen) atoms. The molecule has 0 radical (unpaired) electrons. The first-order chi connectivity index (χ1) is 8.42. The van der Waals surface area contributed by atoms with Gasteiger partial charge in [-0.05, 0) is 57.8 Å². The number of allylic oxidation sites excluding steroid dienone is 2. The van der Waals surface area contributed by atoms with Gasteiger partial charge in [-0.15, -0.1) is 6.58 Å². The van der Waals surface area contributed by atoms with E-state index in [1.165, 1.54) is 12.8 Å². The molecule has 0 aliphatic rings. The maximum atomic E-state index is 5.99. The van der Waals surface area contributed by atoms with E-state index < -0.39 is 8.32 Å².